The molecule has 1 unspecified atom stereocenters. The van der Waals surface area contributed by atoms with E-state index in [0.717, 1.165) is 43.8 Å². The third-order valence-electron chi connectivity index (χ3n) is 7.47. The molecular weight excluding hydrogens is 452 g/mol. The van der Waals surface area contributed by atoms with Gasteiger partial charge in [-0.2, -0.15) is 0 Å². The van der Waals surface area contributed by atoms with Gasteiger partial charge in [0.25, 0.3) is 5.69 Å². The van der Waals surface area contributed by atoms with E-state index in [1.807, 2.05) is 36.4 Å². The van der Waals surface area contributed by atoms with Crippen LogP contribution in [0.5, 0.6) is 0 Å². The number of nitro benzene ring substituents is 1. The van der Waals surface area contributed by atoms with Crippen LogP contribution in [0, 0.1) is 16.0 Å². The molecule has 1 aliphatic carbocycles. The molecule has 1 saturated carbocycles. The molecule has 2 fully saturated rings. The van der Waals surface area contributed by atoms with Gasteiger partial charge in [0.15, 0.2) is 6.29 Å². The molecule has 1 heterocycles. The highest BCUT2D eigenvalue weighted by Crippen LogP contribution is 2.34. The number of carbonyl (C=O) groups excluding carboxylic acids is 1. The number of piperazine rings is 1. The van der Waals surface area contributed by atoms with Crippen LogP contribution in [0.1, 0.15) is 77.1 Å². The maximum Gasteiger partial charge on any atom is 0.292 e. The second-order valence-corrected chi connectivity index (χ2v) is 9.65. The zero-order valence-electron chi connectivity index (χ0n) is 20.1. The van der Waals surface area contributed by atoms with Gasteiger partial charge in [0.2, 0.25) is 0 Å². The third-order valence-corrected chi connectivity index (χ3v) is 7.47. The molecule has 4 rings (SSSR count). The largest absolute Gasteiger partial charge is 0.377 e. The molecule has 2 aliphatic rings. The summed E-state index contributed by atoms with van der Waals surface area (Å²) in [6.07, 6.45) is 9.69. The first kappa shape index (κ1) is 29.1. The van der Waals surface area contributed by atoms with Crippen LogP contribution in [0.15, 0.2) is 42.5 Å². The number of nitrogens with one attached hydrogen (secondary N) is 1. The van der Waals surface area contributed by atoms with Crippen LogP contribution in [0.3, 0.4) is 0 Å². The molecule has 198 valence electrons. The van der Waals surface area contributed by atoms with Crippen molar-refractivity contribution in [3.05, 3.63) is 58.1 Å². The summed E-state index contributed by atoms with van der Waals surface area (Å²) in [6, 6.07) is 13.3. The van der Waals surface area contributed by atoms with Crippen molar-refractivity contribution in [1.29, 1.82) is 0 Å². The molecule has 2 aromatic carbocycles. The van der Waals surface area contributed by atoms with E-state index in [2.05, 4.69) is 22.0 Å². The van der Waals surface area contributed by atoms with Gasteiger partial charge >= 0.3 is 0 Å². The minimum atomic E-state index is -0.286. The number of aldehydes is 1. The first-order valence-corrected chi connectivity index (χ1v) is 12.7. The van der Waals surface area contributed by atoms with Crippen molar-refractivity contribution in [2.75, 3.05) is 41.3 Å². The standard InChI is InChI=1S/C27H36N4O3.2CH4/c1-21(22-9-5-3-2-4-6-10-22)28-25-19-24(13-14-27(25)31(33)34)29-15-17-30(18-16-29)26-12-8-7-11-23(26)20-32;;/h7-8,11-14,19-22,28H,2-6,9-10,15-18H2,1H3;2*1H4. The SMILES string of the molecule is C.C.CC(Nc1cc(N2CCN(c3ccccc3C=O)CC2)ccc1[N+](=O)[O-])C1CCCCCCC1. The lowest BCUT2D eigenvalue weighted by Crippen LogP contribution is -2.46. The summed E-state index contributed by atoms with van der Waals surface area (Å²) in [5, 5.41) is 15.3. The average Bonchev–Trinajstić information content (AvgIpc) is 2.83. The van der Waals surface area contributed by atoms with Crippen molar-refractivity contribution in [2.45, 2.75) is 72.8 Å². The van der Waals surface area contributed by atoms with Gasteiger partial charge in [-0.25, -0.2) is 0 Å². The van der Waals surface area contributed by atoms with Gasteiger partial charge in [-0.15, -0.1) is 0 Å². The summed E-state index contributed by atoms with van der Waals surface area (Å²) < 4.78 is 0. The number of nitro groups is 1. The minimum Gasteiger partial charge on any atom is -0.377 e. The monoisotopic (exact) mass is 496 g/mol. The smallest absolute Gasteiger partial charge is 0.292 e. The van der Waals surface area contributed by atoms with Crippen LogP contribution in [0.4, 0.5) is 22.7 Å². The number of benzene rings is 2. The topological polar surface area (TPSA) is 78.7 Å². The second-order valence-electron chi connectivity index (χ2n) is 9.65. The van der Waals surface area contributed by atoms with Crippen LogP contribution < -0.4 is 15.1 Å². The molecule has 0 radical (unpaired) electrons. The van der Waals surface area contributed by atoms with Crippen molar-refractivity contribution < 1.29 is 9.72 Å². The Labute approximate surface area is 217 Å². The predicted molar refractivity (Wildman–Crippen MR) is 152 cm³/mol. The summed E-state index contributed by atoms with van der Waals surface area (Å²) >= 11 is 0. The number of carbonyl (C=O) groups is 1. The van der Waals surface area contributed by atoms with Crippen molar-refractivity contribution >= 4 is 29.0 Å². The normalized spacial score (nSPS) is 17.6. The van der Waals surface area contributed by atoms with Crippen molar-refractivity contribution in [1.82, 2.24) is 0 Å². The van der Waals surface area contributed by atoms with E-state index in [4.69, 9.17) is 0 Å². The van der Waals surface area contributed by atoms with Gasteiger partial charge < -0.3 is 15.1 Å². The maximum atomic E-state index is 11.7. The molecule has 0 aromatic heterocycles. The molecule has 0 amide bonds. The van der Waals surface area contributed by atoms with Crippen LogP contribution >= 0.6 is 0 Å². The average molecular weight is 497 g/mol. The van der Waals surface area contributed by atoms with Crippen LogP contribution in [-0.2, 0) is 0 Å². The summed E-state index contributed by atoms with van der Waals surface area (Å²) in [4.78, 5) is 27.4. The van der Waals surface area contributed by atoms with Crippen LogP contribution in [0.25, 0.3) is 0 Å². The van der Waals surface area contributed by atoms with Gasteiger partial charge in [-0.3, -0.25) is 14.9 Å². The molecule has 7 heteroatoms. The molecule has 1 aliphatic heterocycles. The van der Waals surface area contributed by atoms with E-state index in [0.29, 0.717) is 17.2 Å². The van der Waals surface area contributed by atoms with Crippen LogP contribution in [0.2, 0.25) is 0 Å². The highest BCUT2D eigenvalue weighted by Gasteiger charge is 2.24. The number of para-hydroxylation sites is 1. The highest BCUT2D eigenvalue weighted by molar-refractivity contribution is 5.84. The Morgan fingerprint density at radius 3 is 2.19 bits per heavy atom. The summed E-state index contributed by atoms with van der Waals surface area (Å²) in [6.45, 7) is 5.35. The number of anilines is 3. The zero-order chi connectivity index (χ0) is 23.9. The van der Waals surface area contributed by atoms with Crippen molar-refractivity contribution in [3.63, 3.8) is 0 Å². The number of hydrogen-bond donors (Lipinski definition) is 1. The fraction of sp³-hybridized carbons (Fsp3) is 0.552. The summed E-state index contributed by atoms with van der Waals surface area (Å²) in [5.74, 6) is 0.546. The van der Waals surface area contributed by atoms with Crippen molar-refractivity contribution in [3.8, 4) is 0 Å². The minimum absolute atomic E-state index is 0. The summed E-state index contributed by atoms with van der Waals surface area (Å²) in [5.41, 5.74) is 3.43. The molecule has 0 bridgehead atoms. The Morgan fingerprint density at radius 1 is 0.944 bits per heavy atom. The lowest BCUT2D eigenvalue weighted by Gasteiger charge is -2.38. The zero-order valence-corrected chi connectivity index (χ0v) is 20.1. The Morgan fingerprint density at radius 2 is 1.56 bits per heavy atom. The first-order valence-electron chi connectivity index (χ1n) is 12.7. The van der Waals surface area contributed by atoms with Gasteiger partial charge in [0.05, 0.1) is 4.92 Å². The molecule has 1 N–H and O–H groups in total. The molecule has 1 atom stereocenters. The molecule has 0 spiro atoms. The predicted octanol–water partition coefficient (Wildman–Crippen LogP) is 7.17. The van der Waals surface area contributed by atoms with Crippen molar-refractivity contribution in [2.24, 2.45) is 5.92 Å². The Hall–Kier alpha value is -3.09. The Kier molecular flexibility index (Phi) is 11.2. The van der Waals surface area contributed by atoms with Gasteiger partial charge in [-0.1, -0.05) is 59.1 Å². The van der Waals surface area contributed by atoms with Gasteiger partial charge in [0.1, 0.15) is 5.69 Å². The van der Waals surface area contributed by atoms with E-state index in [9.17, 15) is 14.9 Å². The first-order chi connectivity index (χ1) is 16.6. The van der Waals surface area contributed by atoms with E-state index in [-0.39, 0.29) is 31.5 Å². The number of hydrogen-bond acceptors (Lipinski definition) is 6. The van der Waals surface area contributed by atoms with E-state index in [1.54, 1.807) is 6.07 Å². The van der Waals surface area contributed by atoms with Crippen LogP contribution in [-0.4, -0.2) is 43.4 Å². The highest BCUT2D eigenvalue weighted by atomic mass is 16.6. The quantitative estimate of drug-likeness (QED) is 0.249. The molecule has 36 heavy (non-hydrogen) atoms. The molecule has 7 nitrogen and oxygen atoms in total. The molecule has 1 saturated heterocycles. The Bertz CT molecular complexity index is 980. The number of rotatable bonds is 7. The molecule has 2 aromatic rings. The second kappa shape index (κ2) is 13.9. The fourth-order valence-electron chi connectivity index (χ4n) is 5.43. The van der Waals surface area contributed by atoms with E-state index < -0.39 is 0 Å². The number of nitrogens with zero attached hydrogens (tertiary/aromatic N) is 3. The summed E-state index contributed by atoms with van der Waals surface area (Å²) in [7, 11) is 0. The van der Waals surface area contributed by atoms with E-state index in [1.165, 1.54) is 44.9 Å². The fourth-order valence-corrected chi connectivity index (χ4v) is 5.43. The van der Waals surface area contributed by atoms with Gasteiger partial charge in [0, 0.05) is 55.2 Å². The lowest BCUT2D eigenvalue weighted by atomic mass is 9.86. The maximum absolute atomic E-state index is 11.7. The lowest BCUT2D eigenvalue weighted by molar-refractivity contribution is -0.384. The third kappa shape index (κ3) is 6.99. The Balaban J connectivity index is 0.00000228. The van der Waals surface area contributed by atoms with E-state index >= 15 is 0 Å². The molecular formula is C29H44N4O3. The van der Waals surface area contributed by atoms with Gasteiger partial charge in [-0.05, 0) is 49.9 Å².